The van der Waals surface area contributed by atoms with E-state index in [0.29, 0.717) is 14.9 Å². The molecule has 2 aromatic carbocycles. The Morgan fingerprint density at radius 3 is 2.37 bits per heavy atom. The molecule has 0 aliphatic carbocycles. The first-order chi connectivity index (χ1) is 8.97. The van der Waals surface area contributed by atoms with E-state index in [0.717, 1.165) is 10.5 Å². The van der Waals surface area contributed by atoms with Crippen LogP contribution in [0, 0.1) is 6.92 Å². The lowest BCUT2D eigenvalue weighted by molar-refractivity contribution is 0.0693. The smallest absolute Gasteiger partial charge is 0.336 e. The second-order valence-corrected chi connectivity index (χ2v) is 5.92. The van der Waals surface area contributed by atoms with E-state index in [1.54, 1.807) is 30.3 Å². The molecular formula is C14H10Cl2O2S. The van der Waals surface area contributed by atoms with Crippen molar-refractivity contribution in [2.24, 2.45) is 0 Å². The van der Waals surface area contributed by atoms with Gasteiger partial charge in [-0.25, -0.2) is 4.79 Å². The maximum Gasteiger partial charge on any atom is 0.336 e. The minimum Gasteiger partial charge on any atom is -0.478 e. The van der Waals surface area contributed by atoms with Gasteiger partial charge in [-0.2, -0.15) is 0 Å². The van der Waals surface area contributed by atoms with Gasteiger partial charge in [-0.3, -0.25) is 0 Å². The molecule has 0 amide bonds. The minimum atomic E-state index is -0.945. The maximum atomic E-state index is 11.2. The van der Waals surface area contributed by atoms with E-state index in [2.05, 4.69) is 0 Å². The lowest BCUT2D eigenvalue weighted by atomic mass is 10.1. The van der Waals surface area contributed by atoms with Crippen molar-refractivity contribution in [3.05, 3.63) is 57.6 Å². The molecule has 5 heteroatoms. The quantitative estimate of drug-likeness (QED) is 0.851. The van der Waals surface area contributed by atoms with Crippen LogP contribution in [0.5, 0.6) is 0 Å². The number of benzene rings is 2. The molecule has 0 aromatic heterocycles. The van der Waals surface area contributed by atoms with Gasteiger partial charge in [0, 0.05) is 19.8 Å². The Labute approximate surface area is 125 Å². The highest BCUT2D eigenvalue weighted by Crippen LogP contribution is 2.35. The van der Waals surface area contributed by atoms with Gasteiger partial charge in [-0.05, 0) is 36.8 Å². The predicted molar refractivity (Wildman–Crippen MR) is 78.7 cm³/mol. The fourth-order valence-corrected chi connectivity index (χ4v) is 3.42. The summed E-state index contributed by atoms with van der Waals surface area (Å²) < 4.78 is 0. The lowest BCUT2D eigenvalue weighted by Gasteiger charge is -2.09. The molecule has 0 aliphatic rings. The molecule has 2 nitrogen and oxygen atoms in total. The second-order valence-electron chi connectivity index (χ2n) is 3.96. The van der Waals surface area contributed by atoms with Gasteiger partial charge >= 0.3 is 5.97 Å². The summed E-state index contributed by atoms with van der Waals surface area (Å²) in [6.45, 7) is 1.88. The Morgan fingerprint density at radius 1 is 1.16 bits per heavy atom. The molecule has 0 fully saturated rings. The van der Waals surface area contributed by atoms with E-state index < -0.39 is 5.97 Å². The molecule has 1 N–H and O–H groups in total. The molecule has 0 spiro atoms. The summed E-state index contributed by atoms with van der Waals surface area (Å²) in [6.07, 6.45) is 0. The molecule has 2 rings (SSSR count). The van der Waals surface area contributed by atoms with Crippen LogP contribution in [0.4, 0.5) is 0 Å². The predicted octanol–water partition coefficient (Wildman–Crippen LogP) is 5.15. The molecule has 2 aromatic rings. The standard InChI is InChI=1S/C14H10Cl2O2S/c1-8-3-2-4-12(14(17)18)13(8)19-11-6-9(15)5-10(16)7-11/h2-7H,1H3,(H,17,18). The number of aryl methyl sites for hydroxylation is 1. The van der Waals surface area contributed by atoms with Crippen LogP contribution in [-0.4, -0.2) is 11.1 Å². The van der Waals surface area contributed by atoms with Crippen LogP contribution >= 0.6 is 35.0 Å². The van der Waals surface area contributed by atoms with Crippen molar-refractivity contribution in [1.29, 1.82) is 0 Å². The van der Waals surface area contributed by atoms with Gasteiger partial charge < -0.3 is 5.11 Å². The van der Waals surface area contributed by atoms with E-state index in [4.69, 9.17) is 23.2 Å². The molecular weight excluding hydrogens is 303 g/mol. The van der Waals surface area contributed by atoms with E-state index in [1.165, 1.54) is 11.8 Å². The maximum absolute atomic E-state index is 11.2. The van der Waals surface area contributed by atoms with E-state index in [9.17, 15) is 9.90 Å². The first kappa shape index (κ1) is 14.3. The van der Waals surface area contributed by atoms with Gasteiger partial charge in [-0.1, -0.05) is 47.1 Å². The van der Waals surface area contributed by atoms with Gasteiger partial charge in [-0.15, -0.1) is 0 Å². The zero-order valence-electron chi connectivity index (χ0n) is 9.98. The largest absolute Gasteiger partial charge is 0.478 e. The normalized spacial score (nSPS) is 10.5. The van der Waals surface area contributed by atoms with Crippen LogP contribution in [0.2, 0.25) is 10.0 Å². The number of hydrogen-bond acceptors (Lipinski definition) is 2. The molecule has 0 atom stereocenters. The van der Waals surface area contributed by atoms with Gasteiger partial charge in [0.25, 0.3) is 0 Å². The molecule has 0 aliphatic heterocycles. The summed E-state index contributed by atoms with van der Waals surface area (Å²) in [6, 6.07) is 10.4. The van der Waals surface area contributed by atoms with Crippen molar-refractivity contribution in [2.45, 2.75) is 16.7 Å². The van der Waals surface area contributed by atoms with Crippen LogP contribution in [0.1, 0.15) is 15.9 Å². The number of carboxylic acid groups (broad SMARTS) is 1. The fourth-order valence-electron chi connectivity index (χ4n) is 1.66. The first-order valence-corrected chi connectivity index (χ1v) is 7.01. The third kappa shape index (κ3) is 3.44. The Morgan fingerprint density at radius 2 is 1.79 bits per heavy atom. The molecule has 0 radical (unpaired) electrons. The molecule has 98 valence electrons. The van der Waals surface area contributed by atoms with Crippen LogP contribution < -0.4 is 0 Å². The molecule has 0 unspecified atom stereocenters. The van der Waals surface area contributed by atoms with Crippen LogP contribution in [0.3, 0.4) is 0 Å². The van der Waals surface area contributed by atoms with Crippen molar-refractivity contribution >= 4 is 40.9 Å². The highest BCUT2D eigenvalue weighted by atomic mass is 35.5. The number of rotatable bonds is 3. The summed E-state index contributed by atoms with van der Waals surface area (Å²) in [5, 5.41) is 10.3. The summed E-state index contributed by atoms with van der Waals surface area (Å²) in [4.78, 5) is 12.7. The van der Waals surface area contributed by atoms with E-state index in [-0.39, 0.29) is 5.56 Å². The van der Waals surface area contributed by atoms with Crippen molar-refractivity contribution in [3.63, 3.8) is 0 Å². The molecule has 19 heavy (non-hydrogen) atoms. The van der Waals surface area contributed by atoms with Crippen molar-refractivity contribution < 1.29 is 9.90 Å². The average molecular weight is 313 g/mol. The number of carboxylic acids is 1. The van der Waals surface area contributed by atoms with Gasteiger partial charge in [0.15, 0.2) is 0 Å². The minimum absolute atomic E-state index is 0.279. The molecule has 0 heterocycles. The highest BCUT2D eigenvalue weighted by Gasteiger charge is 2.13. The summed E-state index contributed by atoms with van der Waals surface area (Å²) in [5.74, 6) is -0.945. The number of halogens is 2. The van der Waals surface area contributed by atoms with Gasteiger partial charge in [0.05, 0.1) is 5.56 Å². The van der Waals surface area contributed by atoms with Gasteiger partial charge in [0.2, 0.25) is 0 Å². The third-order valence-corrected chi connectivity index (χ3v) is 4.15. The number of hydrogen-bond donors (Lipinski definition) is 1. The zero-order chi connectivity index (χ0) is 14.0. The average Bonchev–Trinajstić information content (AvgIpc) is 2.30. The topological polar surface area (TPSA) is 37.3 Å². The highest BCUT2D eigenvalue weighted by molar-refractivity contribution is 7.99. The SMILES string of the molecule is Cc1cccc(C(=O)O)c1Sc1cc(Cl)cc(Cl)c1. The molecule has 0 saturated carbocycles. The zero-order valence-corrected chi connectivity index (χ0v) is 12.3. The van der Waals surface area contributed by atoms with Crippen LogP contribution in [0.25, 0.3) is 0 Å². The van der Waals surface area contributed by atoms with Crippen molar-refractivity contribution in [1.82, 2.24) is 0 Å². The van der Waals surface area contributed by atoms with Crippen molar-refractivity contribution in [3.8, 4) is 0 Å². The third-order valence-electron chi connectivity index (χ3n) is 2.50. The monoisotopic (exact) mass is 312 g/mol. The summed E-state index contributed by atoms with van der Waals surface area (Å²) in [7, 11) is 0. The lowest BCUT2D eigenvalue weighted by Crippen LogP contribution is -2.00. The van der Waals surface area contributed by atoms with Crippen LogP contribution in [0.15, 0.2) is 46.2 Å². The summed E-state index contributed by atoms with van der Waals surface area (Å²) >= 11 is 13.2. The number of aromatic carboxylic acids is 1. The Kier molecular flexibility index (Phi) is 4.40. The number of carbonyl (C=O) groups is 1. The van der Waals surface area contributed by atoms with Gasteiger partial charge in [0.1, 0.15) is 0 Å². The molecule has 0 bridgehead atoms. The Bertz CT molecular complexity index is 621. The summed E-state index contributed by atoms with van der Waals surface area (Å²) in [5.41, 5.74) is 1.18. The van der Waals surface area contributed by atoms with E-state index >= 15 is 0 Å². The van der Waals surface area contributed by atoms with Crippen molar-refractivity contribution in [2.75, 3.05) is 0 Å². The van der Waals surface area contributed by atoms with E-state index in [1.807, 2.05) is 13.0 Å². The first-order valence-electron chi connectivity index (χ1n) is 5.44. The fraction of sp³-hybridized carbons (Fsp3) is 0.0714. The molecule has 0 saturated heterocycles. The Balaban J connectivity index is 2.45. The van der Waals surface area contributed by atoms with Crippen LogP contribution in [-0.2, 0) is 0 Å². The second kappa shape index (κ2) is 5.87. The Hall–Kier alpha value is -1.16.